The van der Waals surface area contributed by atoms with Crippen LogP contribution in [0.5, 0.6) is 5.75 Å². The first-order valence-electron chi connectivity index (χ1n) is 11.1. The Morgan fingerprint density at radius 2 is 2.06 bits per heavy atom. The van der Waals surface area contributed by atoms with Gasteiger partial charge in [-0.25, -0.2) is 4.98 Å². The molecule has 9 heteroatoms. The molecule has 178 valence electrons. The molecule has 0 aliphatic carbocycles. The molecule has 2 aliphatic rings. The molecule has 0 radical (unpaired) electrons. The minimum atomic E-state index is -0.819. The van der Waals surface area contributed by atoms with Crippen molar-refractivity contribution in [1.82, 2.24) is 15.2 Å². The van der Waals surface area contributed by atoms with Gasteiger partial charge in [0, 0.05) is 37.1 Å². The number of ether oxygens (including phenoxy) is 1. The minimum Gasteiger partial charge on any atom is -0.494 e. The number of amides is 1. The van der Waals surface area contributed by atoms with E-state index in [0.717, 1.165) is 17.4 Å². The second-order valence-corrected chi connectivity index (χ2v) is 9.41. The molecule has 2 aliphatic heterocycles. The summed E-state index contributed by atoms with van der Waals surface area (Å²) in [5.41, 5.74) is 2.20. The Morgan fingerprint density at radius 3 is 2.68 bits per heavy atom. The van der Waals surface area contributed by atoms with Crippen LogP contribution in [0.25, 0.3) is 0 Å². The molecule has 4 rings (SSSR count). The van der Waals surface area contributed by atoms with E-state index >= 15 is 0 Å². The fraction of sp³-hybridized carbons (Fsp3) is 0.360. The molecule has 2 N–H and O–H groups in total. The lowest BCUT2D eigenvalue weighted by atomic mass is 9.69. The van der Waals surface area contributed by atoms with E-state index in [0.29, 0.717) is 30.1 Å². The predicted octanol–water partition coefficient (Wildman–Crippen LogP) is 3.49. The van der Waals surface area contributed by atoms with Gasteiger partial charge in [-0.3, -0.25) is 19.5 Å². The Kier molecular flexibility index (Phi) is 6.47. The van der Waals surface area contributed by atoms with Gasteiger partial charge in [-0.05, 0) is 24.0 Å². The zero-order chi connectivity index (χ0) is 24.5. The Labute approximate surface area is 204 Å². The van der Waals surface area contributed by atoms with E-state index in [4.69, 9.17) is 16.3 Å². The number of benzene rings is 1. The monoisotopic (exact) mass is 481 g/mol. The van der Waals surface area contributed by atoms with Crippen molar-refractivity contribution >= 4 is 35.7 Å². The number of pyridine rings is 1. The Morgan fingerprint density at radius 1 is 1.32 bits per heavy atom. The summed E-state index contributed by atoms with van der Waals surface area (Å²) < 4.78 is 5.40. The number of nitrogens with zero attached hydrogens (tertiary/aromatic N) is 3. The van der Waals surface area contributed by atoms with Gasteiger partial charge in [0.15, 0.2) is 12.1 Å². The quantitative estimate of drug-likeness (QED) is 0.464. The first-order valence-corrected chi connectivity index (χ1v) is 11.4. The Balaban J connectivity index is 1.69. The number of aldehydes is 1. The van der Waals surface area contributed by atoms with E-state index in [2.05, 4.69) is 45.4 Å². The zero-order valence-corrected chi connectivity index (χ0v) is 20.4. The van der Waals surface area contributed by atoms with E-state index < -0.39 is 11.2 Å². The summed E-state index contributed by atoms with van der Waals surface area (Å²) in [6, 6.07) is 9.61. The molecule has 0 saturated carbocycles. The fourth-order valence-electron chi connectivity index (χ4n) is 4.44. The largest absolute Gasteiger partial charge is 0.494 e. The maximum Gasteiger partial charge on any atom is 0.237 e. The molecule has 8 nitrogen and oxygen atoms in total. The number of carbonyl (C=O) groups is 2. The molecule has 1 aromatic carbocycles. The third-order valence-corrected chi connectivity index (χ3v) is 6.69. The second kappa shape index (κ2) is 9.19. The van der Waals surface area contributed by atoms with Crippen molar-refractivity contribution in [2.24, 2.45) is 4.99 Å². The first kappa shape index (κ1) is 23.9. The molecule has 2 aromatic rings. The van der Waals surface area contributed by atoms with Crippen molar-refractivity contribution < 1.29 is 14.3 Å². The van der Waals surface area contributed by atoms with Crippen molar-refractivity contribution in [3.05, 3.63) is 64.6 Å². The van der Waals surface area contributed by atoms with Crippen LogP contribution in [-0.4, -0.2) is 54.3 Å². The van der Waals surface area contributed by atoms with E-state index in [-0.39, 0.29) is 17.0 Å². The summed E-state index contributed by atoms with van der Waals surface area (Å²) in [6.07, 6.45) is 5.44. The van der Waals surface area contributed by atoms with E-state index in [9.17, 15) is 9.59 Å². The Hall–Kier alpha value is -3.23. The maximum absolute atomic E-state index is 13.9. The van der Waals surface area contributed by atoms with Gasteiger partial charge < -0.3 is 15.4 Å². The number of aliphatic imine (C=N–C) groups is 1. The molecule has 1 unspecified atom stereocenters. The third kappa shape index (κ3) is 4.19. The van der Waals surface area contributed by atoms with Gasteiger partial charge in [0.25, 0.3) is 0 Å². The number of anilines is 1. The molecule has 1 fully saturated rings. The summed E-state index contributed by atoms with van der Waals surface area (Å²) in [6.45, 7) is 7.01. The summed E-state index contributed by atoms with van der Waals surface area (Å²) >= 11 is 6.00. The van der Waals surface area contributed by atoms with Crippen molar-refractivity contribution in [2.45, 2.75) is 37.9 Å². The van der Waals surface area contributed by atoms with Gasteiger partial charge in [0.2, 0.25) is 5.91 Å². The lowest BCUT2D eigenvalue weighted by Crippen LogP contribution is -2.73. The molecule has 1 saturated heterocycles. The average molecular weight is 482 g/mol. The van der Waals surface area contributed by atoms with Crippen LogP contribution in [0.3, 0.4) is 0 Å². The van der Waals surface area contributed by atoms with Gasteiger partial charge in [-0.15, -0.1) is 0 Å². The number of aromatic nitrogens is 1. The normalized spacial score (nSPS) is 21.3. The van der Waals surface area contributed by atoms with Crippen LogP contribution in [0.4, 0.5) is 5.69 Å². The van der Waals surface area contributed by atoms with Crippen LogP contribution >= 0.6 is 11.6 Å². The Bertz CT molecular complexity index is 1170. The highest BCUT2D eigenvalue weighted by molar-refractivity contribution is 6.29. The number of allylic oxidation sites excluding steroid dienone is 1. The standard InChI is InChI=1S/C25H28ClN5O3/c1-16(2)18-7-5-6-8-19(18)25(23(33)30-20-12-27-22(26)9-21(20)34-4)14-31(15-25)24(3)28-10-17(13-32)11-29-24/h5-13,16,28H,14-15H2,1-4H3,(H,30,33). The number of halogens is 1. The van der Waals surface area contributed by atoms with Gasteiger partial charge in [-0.1, -0.05) is 49.7 Å². The summed E-state index contributed by atoms with van der Waals surface area (Å²) in [5.74, 6) is -0.246. The fourth-order valence-corrected chi connectivity index (χ4v) is 4.58. The van der Waals surface area contributed by atoms with Crippen LogP contribution in [0.1, 0.15) is 37.8 Å². The van der Waals surface area contributed by atoms with Crippen molar-refractivity contribution in [2.75, 3.05) is 25.5 Å². The summed E-state index contributed by atoms with van der Waals surface area (Å²) in [4.78, 5) is 35.7. The lowest BCUT2D eigenvalue weighted by Gasteiger charge is -2.55. The van der Waals surface area contributed by atoms with E-state index in [1.165, 1.54) is 13.3 Å². The number of hydrogen-bond acceptors (Lipinski definition) is 7. The highest BCUT2D eigenvalue weighted by atomic mass is 35.5. The van der Waals surface area contributed by atoms with Crippen LogP contribution in [-0.2, 0) is 15.0 Å². The molecular formula is C25H28ClN5O3. The molecule has 3 heterocycles. The summed E-state index contributed by atoms with van der Waals surface area (Å²) in [7, 11) is 1.52. The number of nitrogens with one attached hydrogen (secondary N) is 2. The number of rotatable bonds is 7. The van der Waals surface area contributed by atoms with Crippen molar-refractivity contribution in [1.29, 1.82) is 0 Å². The number of methoxy groups -OCH3 is 1. The lowest BCUT2D eigenvalue weighted by molar-refractivity contribution is -0.133. The molecule has 0 bridgehead atoms. The SMILES string of the molecule is COc1cc(Cl)ncc1NC(=O)C1(c2ccccc2C(C)C)CN(C2(C)N=CC(C=O)=CN2)C1. The molecule has 0 spiro atoms. The number of carbonyl (C=O) groups excluding carboxylic acids is 2. The van der Waals surface area contributed by atoms with Gasteiger partial charge >= 0.3 is 0 Å². The molecule has 1 amide bonds. The van der Waals surface area contributed by atoms with E-state index in [1.54, 1.807) is 18.5 Å². The van der Waals surface area contributed by atoms with Crippen LogP contribution in [0.2, 0.25) is 5.15 Å². The predicted molar refractivity (Wildman–Crippen MR) is 132 cm³/mol. The van der Waals surface area contributed by atoms with Crippen molar-refractivity contribution in [3.8, 4) is 5.75 Å². The number of hydrogen-bond donors (Lipinski definition) is 2. The summed E-state index contributed by atoms with van der Waals surface area (Å²) in [5, 5.41) is 6.50. The second-order valence-electron chi connectivity index (χ2n) is 9.03. The van der Waals surface area contributed by atoms with Gasteiger partial charge in [-0.2, -0.15) is 0 Å². The highest BCUT2D eigenvalue weighted by Gasteiger charge is 2.56. The van der Waals surface area contributed by atoms with Crippen LogP contribution < -0.4 is 15.4 Å². The third-order valence-electron chi connectivity index (χ3n) is 6.48. The molecular weight excluding hydrogens is 454 g/mol. The smallest absolute Gasteiger partial charge is 0.237 e. The maximum atomic E-state index is 13.9. The molecule has 34 heavy (non-hydrogen) atoms. The topological polar surface area (TPSA) is 95.9 Å². The van der Waals surface area contributed by atoms with Gasteiger partial charge in [0.1, 0.15) is 22.0 Å². The number of likely N-dealkylation sites (tertiary alicyclic amines) is 1. The average Bonchev–Trinajstić information content (AvgIpc) is 2.80. The first-order chi connectivity index (χ1) is 16.2. The van der Waals surface area contributed by atoms with Crippen molar-refractivity contribution in [3.63, 3.8) is 0 Å². The highest BCUT2D eigenvalue weighted by Crippen LogP contribution is 2.43. The van der Waals surface area contributed by atoms with E-state index in [1.807, 2.05) is 25.1 Å². The van der Waals surface area contributed by atoms with Crippen LogP contribution in [0, 0.1) is 0 Å². The van der Waals surface area contributed by atoms with Gasteiger partial charge in [0.05, 0.1) is 13.3 Å². The minimum absolute atomic E-state index is 0.160. The van der Waals surface area contributed by atoms with Crippen LogP contribution in [0.15, 0.2) is 53.3 Å². The zero-order valence-electron chi connectivity index (χ0n) is 19.6. The molecule has 1 aromatic heterocycles. The molecule has 1 atom stereocenters.